The Bertz CT molecular complexity index is 913. The number of amides is 2. The lowest BCUT2D eigenvalue weighted by atomic mass is 10.0. The minimum Gasteiger partial charge on any atom is -0.480 e. The van der Waals surface area contributed by atoms with Crippen molar-refractivity contribution in [3.63, 3.8) is 0 Å². The predicted molar refractivity (Wildman–Crippen MR) is 158 cm³/mol. The van der Waals surface area contributed by atoms with Crippen LogP contribution in [0, 0.1) is 11.8 Å². The van der Waals surface area contributed by atoms with E-state index in [4.69, 9.17) is 4.74 Å². The van der Waals surface area contributed by atoms with E-state index >= 15 is 0 Å². The Morgan fingerprint density at radius 3 is 2.28 bits per heavy atom. The van der Waals surface area contributed by atoms with Gasteiger partial charge in [-0.25, -0.2) is 0 Å². The average Bonchev–Trinajstić information content (AvgIpc) is 3.19. The van der Waals surface area contributed by atoms with Gasteiger partial charge in [-0.05, 0) is 49.7 Å². The molecule has 39 heavy (non-hydrogen) atoms. The van der Waals surface area contributed by atoms with E-state index in [1.807, 2.05) is 50.4 Å². The van der Waals surface area contributed by atoms with Gasteiger partial charge in [0.1, 0.15) is 23.7 Å². The first-order chi connectivity index (χ1) is 18.6. The molecule has 0 spiro atoms. The summed E-state index contributed by atoms with van der Waals surface area (Å²) in [4.78, 5) is 56.1. The topological polar surface area (TPSA) is 151 Å². The molecule has 2 rings (SSSR count). The quantitative estimate of drug-likeness (QED) is 0.0957. The van der Waals surface area contributed by atoms with Crippen molar-refractivity contribution >= 4 is 41.6 Å². The summed E-state index contributed by atoms with van der Waals surface area (Å²) >= 11 is 1.61. The van der Waals surface area contributed by atoms with Crippen molar-refractivity contribution < 1.29 is 38.1 Å². The van der Waals surface area contributed by atoms with Crippen LogP contribution in [0.15, 0.2) is 30.3 Å². The molecule has 1 aliphatic carbocycles. The largest absolute Gasteiger partial charge is 0.480 e. The zero-order valence-electron chi connectivity index (χ0n) is 23.3. The number of hydrogen-bond donors (Lipinski definition) is 4. The molecule has 2 amide bonds. The summed E-state index contributed by atoms with van der Waals surface area (Å²) in [6.07, 6.45) is 5.03. The number of carbonyl (C=O) groups is 5. The van der Waals surface area contributed by atoms with Crippen LogP contribution in [0.3, 0.4) is 0 Å². The van der Waals surface area contributed by atoms with E-state index in [1.165, 1.54) is 0 Å². The second-order valence-corrected chi connectivity index (χ2v) is 10.9. The third-order valence-corrected chi connectivity index (χ3v) is 6.86. The average molecular weight is 572 g/mol. The van der Waals surface area contributed by atoms with E-state index in [1.54, 1.807) is 18.7 Å². The van der Waals surface area contributed by atoms with Crippen molar-refractivity contribution in [3.8, 4) is 0 Å². The van der Waals surface area contributed by atoms with E-state index in [-0.39, 0.29) is 47.1 Å². The highest BCUT2D eigenvalue weighted by molar-refractivity contribution is 7.98. The summed E-state index contributed by atoms with van der Waals surface area (Å²) in [5, 5.41) is 17.9. The summed E-state index contributed by atoms with van der Waals surface area (Å²) in [7, 11) is 0. The molecule has 1 saturated carbocycles. The van der Waals surface area contributed by atoms with E-state index in [0.717, 1.165) is 11.3 Å². The normalized spacial score (nSPS) is 15.7. The number of benzene rings is 1. The van der Waals surface area contributed by atoms with Crippen LogP contribution in [-0.2, 0) is 35.1 Å². The summed E-state index contributed by atoms with van der Waals surface area (Å²) < 4.78 is 5.65. The van der Waals surface area contributed by atoms with Crippen molar-refractivity contribution in [2.75, 3.05) is 25.3 Å². The lowest BCUT2D eigenvalue weighted by Crippen LogP contribution is -2.49. The van der Waals surface area contributed by atoms with Crippen LogP contribution in [0.25, 0.3) is 0 Å². The van der Waals surface area contributed by atoms with Gasteiger partial charge in [-0.15, -0.1) is 0 Å². The van der Waals surface area contributed by atoms with Gasteiger partial charge in [-0.1, -0.05) is 44.2 Å². The standard InChI is InChI=1S/C22H35N3O5S.C6H8O2.3H2/c1-16(2)11-18(25-21(27)19(23-14-26)9-10-31-3)13-30-15-24-20(22(28)29)12-17-7-5-4-6-8-17;1-4-5(7)2-3-6(4)8;;;/h4-8,14,16,18-20,24H,9-13,15H2,1-3H3,(H,23,26)(H,25,27)(H,28,29);4H,2-3H2,1H3;3*1H/t18-,19-,20-;;;;/m0..../s1. The van der Waals surface area contributed by atoms with Crippen LogP contribution in [0.4, 0.5) is 0 Å². The number of carboxylic acid groups (broad SMARTS) is 1. The maximum atomic E-state index is 12.6. The van der Waals surface area contributed by atoms with Gasteiger partial charge in [-0.2, -0.15) is 11.8 Å². The smallest absolute Gasteiger partial charge is 0.321 e. The lowest BCUT2D eigenvalue weighted by Gasteiger charge is -2.24. The Balaban J connectivity index is -0.00000119. The van der Waals surface area contributed by atoms with Gasteiger partial charge in [0.25, 0.3) is 0 Å². The van der Waals surface area contributed by atoms with E-state index in [9.17, 15) is 29.1 Å². The molecule has 0 aliphatic heterocycles. The van der Waals surface area contributed by atoms with Crippen LogP contribution in [0.2, 0.25) is 0 Å². The Kier molecular flexibility index (Phi) is 17.0. The predicted octanol–water partition coefficient (Wildman–Crippen LogP) is 2.94. The van der Waals surface area contributed by atoms with Crippen molar-refractivity contribution in [2.24, 2.45) is 11.8 Å². The summed E-state index contributed by atoms with van der Waals surface area (Å²) in [6.45, 7) is 6.07. The summed E-state index contributed by atoms with van der Waals surface area (Å²) in [6, 6.07) is 7.80. The zero-order valence-corrected chi connectivity index (χ0v) is 24.1. The summed E-state index contributed by atoms with van der Waals surface area (Å²) in [5.74, 6) is -0.186. The zero-order chi connectivity index (χ0) is 29.2. The molecular formula is C28H49N3O7S. The van der Waals surface area contributed by atoms with Gasteiger partial charge in [-0.3, -0.25) is 29.3 Å². The van der Waals surface area contributed by atoms with Gasteiger partial charge < -0.3 is 20.5 Å². The van der Waals surface area contributed by atoms with Gasteiger partial charge in [0, 0.05) is 17.1 Å². The molecule has 10 nitrogen and oxygen atoms in total. The number of ketones is 2. The number of Topliss-reactive ketones (excluding diaryl/α,β-unsaturated/α-hetero) is 2. The molecule has 0 saturated heterocycles. The second-order valence-electron chi connectivity index (χ2n) is 9.91. The molecule has 1 aliphatic rings. The van der Waals surface area contributed by atoms with Gasteiger partial charge in [0.05, 0.1) is 25.3 Å². The van der Waals surface area contributed by atoms with Crippen molar-refractivity contribution in [1.29, 1.82) is 0 Å². The van der Waals surface area contributed by atoms with Crippen molar-refractivity contribution in [1.82, 2.24) is 16.0 Å². The van der Waals surface area contributed by atoms with Crippen LogP contribution >= 0.6 is 11.8 Å². The number of hydrogen-bond acceptors (Lipinski definition) is 8. The van der Waals surface area contributed by atoms with Gasteiger partial charge in [0.2, 0.25) is 12.3 Å². The minimum absolute atomic E-state index is 0. The molecule has 1 aromatic rings. The van der Waals surface area contributed by atoms with Gasteiger partial charge in [0.15, 0.2) is 0 Å². The third kappa shape index (κ3) is 14.3. The molecule has 0 bridgehead atoms. The van der Waals surface area contributed by atoms with Crippen LogP contribution in [-0.4, -0.2) is 78.4 Å². The van der Waals surface area contributed by atoms with E-state index in [2.05, 4.69) is 16.0 Å². The monoisotopic (exact) mass is 571 g/mol. The Labute approximate surface area is 239 Å². The molecule has 0 radical (unpaired) electrons. The Hall–Kier alpha value is -2.76. The molecule has 0 heterocycles. The molecule has 0 unspecified atom stereocenters. The second kappa shape index (κ2) is 19.3. The molecular weight excluding hydrogens is 522 g/mol. The fraction of sp³-hybridized carbons (Fsp3) is 0.607. The molecule has 1 aromatic carbocycles. The maximum absolute atomic E-state index is 12.6. The number of carboxylic acids is 1. The number of thioether (sulfide) groups is 1. The first-order valence-corrected chi connectivity index (χ1v) is 14.6. The van der Waals surface area contributed by atoms with Gasteiger partial charge >= 0.3 is 5.97 Å². The van der Waals surface area contributed by atoms with Crippen molar-refractivity contribution in [2.45, 2.75) is 71.0 Å². The van der Waals surface area contributed by atoms with E-state index in [0.29, 0.717) is 44.4 Å². The highest BCUT2D eigenvalue weighted by Gasteiger charge is 2.27. The maximum Gasteiger partial charge on any atom is 0.321 e. The number of rotatable bonds is 17. The fourth-order valence-electron chi connectivity index (χ4n) is 3.96. The highest BCUT2D eigenvalue weighted by Crippen LogP contribution is 2.15. The first-order valence-electron chi connectivity index (χ1n) is 13.2. The molecule has 1 fully saturated rings. The number of ether oxygens (including phenoxy) is 1. The lowest BCUT2D eigenvalue weighted by molar-refractivity contribution is -0.140. The van der Waals surface area contributed by atoms with Crippen LogP contribution in [0.5, 0.6) is 0 Å². The molecule has 11 heteroatoms. The SMILES string of the molecule is CC1C(=O)CCC1=O.CSCC[C@H](NC=O)C(=O)N[C@H](COCN[C@@H](Cc1ccccc1)C(=O)O)CC(C)C.[HH].[HH].[HH]. The molecule has 224 valence electrons. The van der Waals surface area contributed by atoms with Crippen LogP contribution in [0.1, 0.15) is 56.3 Å². The van der Waals surface area contributed by atoms with Crippen molar-refractivity contribution in [3.05, 3.63) is 35.9 Å². The number of nitrogens with one attached hydrogen (secondary N) is 3. The molecule has 4 N–H and O–H groups in total. The number of carbonyl (C=O) groups excluding carboxylic acids is 4. The minimum atomic E-state index is -0.948. The fourth-order valence-corrected chi connectivity index (χ4v) is 4.44. The Morgan fingerprint density at radius 2 is 1.79 bits per heavy atom. The Morgan fingerprint density at radius 1 is 1.15 bits per heavy atom. The molecule has 0 aromatic heterocycles. The first kappa shape index (κ1) is 34.3. The molecule has 3 atom stereocenters. The summed E-state index contributed by atoms with van der Waals surface area (Å²) in [5.41, 5.74) is 0.923. The number of aliphatic carboxylic acids is 1. The van der Waals surface area contributed by atoms with Crippen LogP contribution < -0.4 is 16.0 Å². The van der Waals surface area contributed by atoms with E-state index < -0.39 is 18.1 Å². The third-order valence-electron chi connectivity index (χ3n) is 6.21. The highest BCUT2D eigenvalue weighted by atomic mass is 32.2.